The molecule has 2 fully saturated rings. The molecule has 9 heteroatoms. The van der Waals surface area contributed by atoms with Crippen LogP contribution >= 0.6 is 0 Å². The molecule has 3 heterocycles. The van der Waals surface area contributed by atoms with Crippen LogP contribution in [-0.4, -0.2) is 64.3 Å². The van der Waals surface area contributed by atoms with Crippen molar-refractivity contribution < 1.29 is 24.4 Å². The summed E-state index contributed by atoms with van der Waals surface area (Å²) in [6.07, 6.45) is 2.83. The minimum Gasteiger partial charge on any atom is -0.351 e. The summed E-state index contributed by atoms with van der Waals surface area (Å²) in [6.45, 7) is 2.17. The van der Waals surface area contributed by atoms with Crippen LogP contribution in [0.25, 0.3) is 0 Å². The Kier molecular flexibility index (Phi) is 3.75. The van der Waals surface area contributed by atoms with Crippen LogP contribution < -0.4 is 10.8 Å². The normalized spacial score (nSPS) is 30.5. The van der Waals surface area contributed by atoms with Crippen LogP contribution in [0.3, 0.4) is 0 Å². The number of nitrogens with one attached hydrogen (secondary N) is 2. The first-order valence-electron chi connectivity index (χ1n) is 7.15. The largest absolute Gasteiger partial charge is 0.351 e. The Labute approximate surface area is 126 Å². The van der Waals surface area contributed by atoms with E-state index in [1.54, 1.807) is 13.0 Å². The standard InChI is InChI=1S/C13H18N4O5/c1-7-4-9-5-16(13(20)17(9)21)11(7)12(19)15-22-6-8-2-3-10(18)14-8/h4,8-9,11,21H,2-3,5-6H2,1H3,(H,14,18)(H,15,19)/t8-,9+,11-/m0/s1. The number of carbonyl (C=O) groups is 3. The zero-order valence-corrected chi connectivity index (χ0v) is 12.1. The van der Waals surface area contributed by atoms with Crippen LogP contribution in [0.15, 0.2) is 11.6 Å². The molecule has 0 spiro atoms. The van der Waals surface area contributed by atoms with E-state index >= 15 is 0 Å². The van der Waals surface area contributed by atoms with Gasteiger partial charge in [0.2, 0.25) is 5.91 Å². The third-order valence-corrected chi connectivity index (χ3v) is 4.13. The van der Waals surface area contributed by atoms with E-state index in [9.17, 15) is 19.6 Å². The van der Waals surface area contributed by atoms with E-state index in [0.717, 1.165) is 0 Å². The van der Waals surface area contributed by atoms with Crippen molar-refractivity contribution in [2.75, 3.05) is 13.2 Å². The summed E-state index contributed by atoms with van der Waals surface area (Å²) in [7, 11) is 0. The number of carbonyl (C=O) groups excluding carboxylic acids is 3. The van der Waals surface area contributed by atoms with E-state index in [0.29, 0.717) is 23.5 Å². The van der Waals surface area contributed by atoms with Gasteiger partial charge in [0, 0.05) is 6.42 Å². The highest BCUT2D eigenvalue weighted by Crippen LogP contribution is 2.27. The van der Waals surface area contributed by atoms with E-state index in [2.05, 4.69) is 10.8 Å². The van der Waals surface area contributed by atoms with Gasteiger partial charge in [0.25, 0.3) is 5.91 Å². The second kappa shape index (κ2) is 5.58. The molecule has 3 rings (SSSR count). The van der Waals surface area contributed by atoms with Gasteiger partial charge in [-0.2, -0.15) is 5.06 Å². The molecular weight excluding hydrogens is 292 g/mol. The average Bonchev–Trinajstić information content (AvgIpc) is 2.98. The van der Waals surface area contributed by atoms with Crippen molar-refractivity contribution in [1.29, 1.82) is 0 Å². The van der Waals surface area contributed by atoms with E-state index in [-0.39, 0.29) is 25.1 Å². The fourth-order valence-corrected chi connectivity index (χ4v) is 3.03. The van der Waals surface area contributed by atoms with Crippen molar-refractivity contribution >= 4 is 17.8 Å². The Morgan fingerprint density at radius 3 is 3.00 bits per heavy atom. The molecule has 3 aliphatic heterocycles. The molecule has 4 amide bonds. The Balaban J connectivity index is 1.56. The van der Waals surface area contributed by atoms with Gasteiger partial charge in [0.05, 0.1) is 25.2 Å². The van der Waals surface area contributed by atoms with Gasteiger partial charge in [-0.05, 0) is 18.9 Å². The van der Waals surface area contributed by atoms with Crippen molar-refractivity contribution in [1.82, 2.24) is 20.8 Å². The minimum atomic E-state index is -0.793. The molecular formula is C13H18N4O5. The van der Waals surface area contributed by atoms with E-state index in [4.69, 9.17) is 4.84 Å². The van der Waals surface area contributed by atoms with Gasteiger partial charge in [-0.15, -0.1) is 0 Å². The van der Waals surface area contributed by atoms with Crippen LogP contribution in [0, 0.1) is 0 Å². The van der Waals surface area contributed by atoms with Crippen LogP contribution in [0.4, 0.5) is 4.79 Å². The van der Waals surface area contributed by atoms with Crippen molar-refractivity contribution in [2.24, 2.45) is 0 Å². The van der Waals surface area contributed by atoms with Gasteiger partial charge in [-0.3, -0.25) is 19.6 Å². The van der Waals surface area contributed by atoms with E-state index < -0.39 is 24.0 Å². The van der Waals surface area contributed by atoms with Gasteiger partial charge >= 0.3 is 6.03 Å². The highest BCUT2D eigenvalue weighted by Gasteiger charge is 2.46. The molecule has 0 aromatic carbocycles. The minimum absolute atomic E-state index is 0.0253. The van der Waals surface area contributed by atoms with Crippen LogP contribution in [-0.2, 0) is 14.4 Å². The van der Waals surface area contributed by atoms with Crippen molar-refractivity contribution in [3.05, 3.63) is 11.6 Å². The highest BCUT2D eigenvalue weighted by molar-refractivity contribution is 5.91. The molecule has 3 atom stereocenters. The fraction of sp³-hybridized carbons (Fsp3) is 0.615. The summed E-state index contributed by atoms with van der Waals surface area (Å²) < 4.78 is 0. The second-order valence-electron chi connectivity index (χ2n) is 5.74. The summed E-state index contributed by atoms with van der Waals surface area (Å²) in [5.74, 6) is -0.497. The molecule has 0 aromatic rings. The van der Waals surface area contributed by atoms with E-state index in [1.165, 1.54) is 4.90 Å². The lowest BCUT2D eigenvalue weighted by molar-refractivity contribution is -0.137. The molecule has 0 aromatic heterocycles. The van der Waals surface area contributed by atoms with Crippen LogP contribution in [0.1, 0.15) is 19.8 Å². The summed E-state index contributed by atoms with van der Waals surface area (Å²) >= 11 is 0. The summed E-state index contributed by atoms with van der Waals surface area (Å²) in [6, 6.07) is -1.91. The molecule has 0 aliphatic carbocycles. The number of nitrogens with zero attached hydrogens (tertiary/aromatic N) is 2. The molecule has 120 valence electrons. The maximum atomic E-state index is 12.2. The first-order chi connectivity index (χ1) is 10.5. The van der Waals surface area contributed by atoms with Gasteiger partial charge in [0.1, 0.15) is 6.04 Å². The zero-order chi connectivity index (χ0) is 15.9. The fourth-order valence-electron chi connectivity index (χ4n) is 3.03. The molecule has 0 radical (unpaired) electrons. The molecule has 0 unspecified atom stereocenters. The third-order valence-electron chi connectivity index (χ3n) is 4.13. The Morgan fingerprint density at radius 2 is 2.32 bits per heavy atom. The molecule has 0 saturated carbocycles. The predicted molar refractivity (Wildman–Crippen MR) is 72.3 cm³/mol. The Bertz CT molecular complexity index is 549. The average molecular weight is 310 g/mol. The maximum Gasteiger partial charge on any atom is 0.345 e. The number of hydrogen-bond acceptors (Lipinski definition) is 5. The Hall–Kier alpha value is -2.13. The van der Waals surface area contributed by atoms with Gasteiger partial charge in [0.15, 0.2) is 0 Å². The molecule has 3 N–H and O–H groups in total. The second-order valence-corrected chi connectivity index (χ2v) is 5.74. The first kappa shape index (κ1) is 14.8. The Morgan fingerprint density at radius 1 is 1.55 bits per heavy atom. The first-order valence-corrected chi connectivity index (χ1v) is 7.15. The van der Waals surface area contributed by atoms with E-state index in [1.807, 2.05) is 0 Å². The number of amides is 4. The SMILES string of the molecule is CC1=C[C@@H]2CN(C(=O)N2O)[C@@H]1C(=O)NOC[C@@H]1CCC(=O)N1. The van der Waals surface area contributed by atoms with Gasteiger partial charge in [-0.25, -0.2) is 10.3 Å². The maximum absolute atomic E-state index is 12.2. The van der Waals surface area contributed by atoms with Crippen molar-refractivity contribution in [3.8, 4) is 0 Å². The lowest BCUT2D eigenvalue weighted by atomic mass is 10.0. The molecule has 22 heavy (non-hydrogen) atoms. The smallest absolute Gasteiger partial charge is 0.345 e. The number of hydrogen-bond donors (Lipinski definition) is 3. The predicted octanol–water partition coefficient (Wildman–Crippen LogP) is -0.863. The molecule has 2 bridgehead atoms. The quantitative estimate of drug-likeness (QED) is 0.355. The lowest BCUT2D eigenvalue weighted by Crippen LogP contribution is -2.50. The summed E-state index contributed by atoms with van der Waals surface area (Å²) in [4.78, 5) is 41.6. The lowest BCUT2D eigenvalue weighted by Gasteiger charge is -2.28. The zero-order valence-electron chi connectivity index (χ0n) is 12.1. The molecule has 2 saturated heterocycles. The van der Waals surface area contributed by atoms with Crippen LogP contribution in [0.5, 0.6) is 0 Å². The number of fused-ring (bicyclic) bond motifs is 2. The molecule has 3 aliphatic rings. The highest BCUT2D eigenvalue weighted by atomic mass is 16.7. The van der Waals surface area contributed by atoms with Gasteiger partial charge in [-0.1, -0.05) is 6.08 Å². The van der Waals surface area contributed by atoms with Crippen molar-refractivity contribution in [2.45, 2.75) is 37.9 Å². The van der Waals surface area contributed by atoms with Crippen molar-refractivity contribution in [3.63, 3.8) is 0 Å². The number of urea groups is 1. The summed E-state index contributed by atoms with van der Waals surface area (Å²) in [5, 5.41) is 13.0. The third kappa shape index (κ3) is 2.53. The monoisotopic (exact) mass is 310 g/mol. The van der Waals surface area contributed by atoms with Crippen LogP contribution in [0.2, 0.25) is 0 Å². The molecule has 9 nitrogen and oxygen atoms in total. The number of hydroxylamine groups is 3. The number of rotatable bonds is 4. The topological polar surface area (TPSA) is 111 Å². The summed E-state index contributed by atoms with van der Waals surface area (Å²) in [5.41, 5.74) is 2.99. The van der Waals surface area contributed by atoms with Gasteiger partial charge < -0.3 is 10.2 Å².